The molecule has 0 atom stereocenters. The molecular weight excluding hydrogens is 150 g/mol. The van der Waals surface area contributed by atoms with Gasteiger partial charge in [-0.1, -0.05) is 13.3 Å². The van der Waals surface area contributed by atoms with Crippen LogP contribution in [0.25, 0.3) is 0 Å². The van der Waals surface area contributed by atoms with E-state index in [1.165, 1.54) is 5.56 Å². The molecule has 0 saturated heterocycles. The highest BCUT2D eigenvalue weighted by molar-refractivity contribution is 5.30. The van der Waals surface area contributed by atoms with Crippen molar-refractivity contribution < 1.29 is 0 Å². The third kappa shape index (κ3) is 1.72. The van der Waals surface area contributed by atoms with Gasteiger partial charge in [-0.25, -0.2) is 9.97 Å². The lowest BCUT2D eigenvalue weighted by Crippen LogP contribution is -2.04. The number of anilines is 1. The predicted molar refractivity (Wildman–Crippen MR) is 49.9 cm³/mol. The van der Waals surface area contributed by atoms with E-state index in [1.807, 2.05) is 13.8 Å². The molecular formula is C9H15N3. The maximum atomic E-state index is 5.50. The van der Waals surface area contributed by atoms with Crippen molar-refractivity contribution in [1.82, 2.24) is 9.97 Å². The Kier molecular flexibility index (Phi) is 2.63. The highest BCUT2D eigenvalue weighted by Crippen LogP contribution is 2.12. The summed E-state index contributed by atoms with van der Waals surface area (Å²) in [4.78, 5) is 8.24. The van der Waals surface area contributed by atoms with Crippen LogP contribution in [0.3, 0.4) is 0 Å². The fourth-order valence-corrected chi connectivity index (χ4v) is 1.38. The summed E-state index contributed by atoms with van der Waals surface area (Å²) in [5.41, 5.74) is 8.78. The molecule has 0 bridgehead atoms. The largest absolute Gasteiger partial charge is 0.368 e. The normalized spacial score (nSPS) is 10.2. The van der Waals surface area contributed by atoms with Gasteiger partial charge < -0.3 is 5.73 Å². The van der Waals surface area contributed by atoms with Crippen molar-refractivity contribution in [3.63, 3.8) is 0 Å². The molecule has 0 aliphatic heterocycles. The van der Waals surface area contributed by atoms with Crippen LogP contribution in [0, 0.1) is 13.8 Å². The van der Waals surface area contributed by atoms with Crippen LogP contribution in [0.1, 0.15) is 30.3 Å². The Balaban J connectivity index is 3.10. The van der Waals surface area contributed by atoms with Crippen molar-refractivity contribution in [2.24, 2.45) is 0 Å². The molecule has 3 nitrogen and oxygen atoms in total. The van der Waals surface area contributed by atoms with Gasteiger partial charge in [0.15, 0.2) is 0 Å². The first-order valence-corrected chi connectivity index (χ1v) is 4.24. The molecule has 0 aliphatic rings. The third-order valence-electron chi connectivity index (χ3n) is 1.94. The first-order chi connectivity index (χ1) is 5.65. The highest BCUT2D eigenvalue weighted by Gasteiger charge is 2.04. The Bertz CT molecular complexity index is 258. The average molecular weight is 165 g/mol. The summed E-state index contributed by atoms with van der Waals surface area (Å²) in [6.45, 7) is 6.11. The second-order valence-electron chi connectivity index (χ2n) is 2.98. The smallest absolute Gasteiger partial charge is 0.220 e. The lowest BCUT2D eigenvalue weighted by molar-refractivity contribution is 0.868. The first kappa shape index (κ1) is 8.97. The fraction of sp³-hybridized carbons (Fsp3) is 0.556. The predicted octanol–water partition coefficient (Wildman–Crippen LogP) is 1.63. The zero-order valence-electron chi connectivity index (χ0n) is 7.89. The molecule has 1 heterocycles. The van der Waals surface area contributed by atoms with Crippen LogP contribution >= 0.6 is 0 Å². The van der Waals surface area contributed by atoms with Gasteiger partial charge >= 0.3 is 0 Å². The molecule has 12 heavy (non-hydrogen) atoms. The number of nitrogens with zero attached hydrogens (tertiary/aromatic N) is 2. The van der Waals surface area contributed by atoms with E-state index in [0.717, 1.165) is 24.2 Å². The molecule has 1 rings (SSSR count). The zero-order chi connectivity index (χ0) is 9.14. The van der Waals surface area contributed by atoms with Gasteiger partial charge in [0.2, 0.25) is 5.95 Å². The fourth-order valence-electron chi connectivity index (χ4n) is 1.38. The van der Waals surface area contributed by atoms with Gasteiger partial charge in [-0.2, -0.15) is 0 Å². The summed E-state index contributed by atoms with van der Waals surface area (Å²) in [5, 5.41) is 0. The van der Waals surface area contributed by atoms with Crippen LogP contribution in [0.15, 0.2) is 0 Å². The van der Waals surface area contributed by atoms with Gasteiger partial charge in [0.1, 0.15) is 0 Å². The molecule has 1 aromatic heterocycles. The maximum Gasteiger partial charge on any atom is 0.220 e. The van der Waals surface area contributed by atoms with Gasteiger partial charge in [0.05, 0.1) is 0 Å². The maximum absolute atomic E-state index is 5.50. The minimum atomic E-state index is 0.379. The number of aromatic nitrogens is 2. The molecule has 0 aliphatic carbocycles. The Morgan fingerprint density at radius 1 is 1.17 bits per heavy atom. The molecule has 0 spiro atoms. The Labute approximate surface area is 73.0 Å². The van der Waals surface area contributed by atoms with Crippen molar-refractivity contribution >= 4 is 5.95 Å². The molecule has 0 unspecified atom stereocenters. The second kappa shape index (κ2) is 3.52. The molecule has 66 valence electrons. The Hall–Kier alpha value is -1.12. The summed E-state index contributed by atoms with van der Waals surface area (Å²) >= 11 is 0. The van der Waals surface area contributed by atoms with Crippen molar-refractivity contribution in [2.45, 2.75) is 33.6 Å². The summed E-state index contributed by atoms with van der Waals surface area (Å²) < 4.78 is 0. The van der Waals surface area contributed by atoms with E-state index in [0.29, 0.717) is 5.95 Å². The Morgan fingerprint density at radius 3 is 2.08 bits per heavy atom. The first-order valence-electron chi connectivity index (χ1n) is 4.24. The molecule has 2 N–H and O–H groups in total. The zero-order valence-corrected chi connectivity index (χ0v) is 7.89. The number of hydrogen-bond donors (Lipinski definition) is 1. The van der Waals surface area contributed by atoms with Crippen molar-refractivity contribution in [3.8, 4) is 0 Å². The van der Waals surface area contributed by atoms with Gasteiger partial charge in [-0.15, -0.1) is 0 Å². The minimum Gasteiger partial charge on any atom is -0.368 e. The standard InChI is InChI=1S/C9H15N3/c1-4-5-8-6(2)11-9(10)12-7(8)3/h4-5H2,1-3H3,(H2,10,11,12). The highest BCUT2D eigenvalue weighted by atomic mass is 15.0. The number of hydrogen-bond acceptors (Lipinski definition) is 3. The molecule has 0 amide bonds. The molecule has 3 heteroatoms. The van der Waals surface area contributed by atoms with Gasteiger partial charge in [-0.05, 0) is 25.8 Å². The van der Waals surface area contributed by atoms with Crippen LogP contribution in [-0.2, 0) is 6.42 Å². The molecule has 0 fully saturated rings. The second-order valence-corrected chi connectivity index (χ2v) is 2.98. The van der Waals surface area contributed by atoms with Gasteiger partial charge in [0.25, 0.3) is 0 Å². The number of nitrogen functional groups attached to an aromatic ring is 1. The van der Waals surface area contributed by atoms with Crippen LogP contribution < -0.4 is 5.73 Å². The SMILES string of the molecule is CCCc1c(C)nc(N)nc1C. The van der Waals surface area contributed by atoms with E-state index in [-0.39, 0.29) is 0 Å². The summed E-state index contributed by atoms with van der Waals surface area (Å²) in [6.07, 6.45) is 2.16. The Morgan fingerprint density at radius 2 is 1.67 bits per heavy atom. The third-order valence-corrected chi connectivity index (χ3v) is 1.94. The lowest BCUT2D eigenvalue weighted by Gasteiger charge is -2.07. The number of rotatable bonds is 2. The van der Waals surface area contributed by atoms with E-state index in [1.54, 1.807) is 0 Å². The van der Waals surface area contributed by atoms with Crippen LogP contribution in [0.5, 0.6) is 0 Å². The lowest BCUT2D eigenvalue weighted by atomic mass is 10.1. The molecule has 0 saturated carbocycles. The topological polar surface area (TPSA) is 51.8 Å². The number of nitrogens with two attached hydrogens (primary N) is 1. The van der Waals surface area contributed by atoms with Gasteiger partial charge in [-0.3, -0.25) is 0 Å². The van der Waals surface area contributed by atoms with E-state index in [9.17, 15) is 0 Å². The quantitative estimate of drug-likeness (QED) is 0.724. The molecule has 0 radical (unpaired) electrons. The summed E-state index contributed by atoms with van der Waals surface area (Å²) in [7, 11) is 0. The van der Waals surface area contributed by atoms with E-state index >= 15 is 0 Å². The van der Waals surface area contributed by atoms with E-state index in [4.69, 9.17) is 5.73 Å². The van der Waals surface area contributed by atoms with Crippen molar-refractivity contribution in [2.75, 3.05) is 5.73 Å². The monoisotopic (exact) mass is 165 g/mol. The van der Waals surface area contributed by atoms with E-state index < -0.39 is 0 Å². The molecule has 0 aromatic carbocycles. The summed E-state index contributed by atoms with van der Waals surface area (Å²) in [6, 6.07) is 0. The van der Waals surface area contributed by atoms with Crippen LogP contribution in [0.2, 0.25) is 0 Å². The van der Waals surface area contributed by atoms with E-state index in [2.05, 4.69) is 16.9 Å². The van der Waals surface area contributed by atoms with Crippen LogP contribution in [0.4, 0.5) is 5.95 Å². The van der Waals surface area contributed by atoms with Crippen molar-refractivity contribution in [1.29, 1.82) is 0 Å². The number of aryl methyl sites for hydroxylation is 2. The minimum absolute atomic E-state index is 0.379. The molecule has 1 aromatic rings. The average Bonchev–Trinajstić information content (AvgIpc) is 1.96. The van der Waals surface area contributed by atoms with Crippen LogP contribution in [-0.4, -0.2) is 9.97 Å². The van der Waals surface area contributed by atoms with Crippen molar-refractivity contribution in [3.05, 3.63) is 17.0 Å². The van der Waals surface area contributed by atoms with Gasteiger partial charge in [0, 0.05) is 11.4 Å². The summed E-state index contributed by atoms with van der Waals surface area (Å²) in [5.74, 6) is 0.379.